The maximum atomic E-state index is 12.5. The molecule has 5 nitrogen and oxygen atoms in total. The molecule has 30 heavy (non-hydrogen) atoms. The number of para-hydroxylation sites is 2. The van der Waals surface area contributed by atoms with Crippen LogP contribution in [0.2, 0.25) is 0 Å². The number of alkyl halides is 3. The molecule has 0 atom stereocenters. The van der Waals surface area contributed by atoms with Crippen LogP contribution in [0.3, 0.4) is 0 Å². The van der Waals surface area contributed by atoms with Gasteiger partial charge in [-0.25, -0.2) is 0 Å². The second-order valence-electron chi connectivity index (χ2n) is 6.36. The Balaban J connectivity index is 1.70. The van der Waals surface area contributed by atoms with E-state index in [1.807, 2.05) is 6.92 Å². The van der Waals surface area contributed by atoms with Gasteiger partial charge in [-0.3, -0.25) is 9.78 Å². The van der Waals surface area contributed by atoms with E-state index in [-0.39, 0.29) is 17.4 Å². The van der Waals surface area contributed by atoms with Crippen LogP contribution >= 0.6 is 0 Å². The maximum absolute atomic E-state index is 12.5. The number of nitrogens with one attached hydrogen (secondary N) is 1. The number of halogens is 3. The zero-order chi connectivity index (χ0) is 21.7. The molecule has 0 saturated carbocycles. The molecule has 3 rings (SSSR count). The molecule has 0 aliphatic rings. The molecular formula is C22H19F3N2O3. The van der Waals surface area contributed by atoms with Crippen LogP contribution in [0, 0.1) is 6.92 Å². The summed E-state index contributed by atoms with van der Waals surface area (Å²) in [5.41, 5.74) is 2.50. The van der Waals surface area contributed by atoms with Crippen molar-refractivity contribution in [2.24, 2.45) is 0 Å². The van der Waals surface area contributed by atoms with Crippen LogP contribution in [-0.2, 0) is 6.42 Å². The molecular weight excluding hydrogens is 397 g/mol. The van der Waals surface area contributed by atoms with Crippen molar-refractivity contribution in [3.63, 3.8) is 0 Å². The molecule has 156 valence electrons. The highest BCUT2D eigenvalue weighted by molar-refractivity contribution is 6.05. The van der Waals surface area contributed by atoms with E-state index in [1.54, 1.807) is 31.2 Å². The number of anilines is 1. The molecule has 0 unspecified atom stereocenters. The first kappa shape index (κ1) is 21.2. The number of hydrogen-bond acceptors (Lipinski definition) is 4. The van der Waals surface area contributed by atoms with Gasteiger partial charge in [0.25, 0.3) is 5.91 Å². The summed E-state index contributed by atoms with van der Waals surface area (Å²) in [6.07, 6.45) is -4.04. The van der Waals surface area contributed by atoms with Crippen molar-refractivity contribution in [1.29, 1.82) is 0 Å². The number of carbonyl (C=O) groups excluding carboxylic acids is 1. The van der Waals surface area contributed by atoms with E-state index in [0.717, 1.165) is 18.2 Å². The van der Waals surface area contributed by atoms with Gasteiger partial charge in [-0.2, -0.15) is 0 Å². The molecule has 1 amide bonds. The molecule has 0 aliphatic heterocycles. The molecule has 1 N–H and O–H groups in total. The van der Waals surface area contributed by atoms with Gasteiger partial charge >= 0.3 is 6.36 Å². The predicted octanol–water partition coefficient (Wildman–Crippen LogP) is 5.90. The minimum Gasteiger partial charge on any atom is -0.453 e. The van der Waals surface area contributed by atoms with Crippen molar-refractivity contribution in [1.82, 2.24) is 4.98 Å². The molecule has 0 spiro atoms. The van der Waals surface area contributed by atoms with Gasteiger partial charge in [0.2, 0.25) is 0 Å². The zero-order valence-corrected chi connectivity index (χ0v) is 16.3. The number of aromatic nitrogens is 1. The monoisotopic (exact) mass is 416 g/mol. The van der Waals surface area contributed by atoms with Crippen molar-refractivity contribution in [2.45, 2.75) is 26.6 Å². The Kier molecular flexibility index (Phi) is 6.25. The third-order valence-electron chi connectivity index (χ3n) is 4.17. The number of pyridine rings is 1. The minimum atomic E-state index is -4.82. The van der Waals surface area contributed by atoms with E-state index in [4.69, 9.17) is 4.74 Å². The fourth-order valence-electron chi connectivity index (χ4n) is 2.73. The molecule has 0 bridgehead atoms. The first-order valence-electron chi connectivity index (χ1n) is 9.15. The van der Waals surface area contributed by atoms with E-state index in [1.165, 1.54) is 30.3 Å². The molecule has 0 aliphatic carbocycles. The molecule has 8 heteroatoms. The van der Waals surface area contributed by atoms with Gasteiger partial charge in [-0.15, -0.1) is 13.2 Å². The Morgan fingerprint density at radius 3 is 2.27 bits per heavy atom. The predicted molar refractivity (Wildman–Crippen MR) is 106 cm³/mol. The van der Waals surface area contributed by atoms with Gasteiger partial charge in [0.15, 0.2) is 11.5 Å². The molecule has 1 heterocycles. The second-order valence-corrected chi connectivity index (χ2v) is 6.36. The largest absolute Gasteiger partial charge is 0.573 e. The molecule has 0 fully saturated rings. The number of benzene rings is 2. The fraction of sp³-hybridized carbons (Fsp3) is 0.182. The normalized spacial score (nSPS) is 11.1. The Hall–Kier alpha value is -3.55. The van der Waals surface area contributed by atoms with Crippen LogP contribution in [-0.4, -0.2) is 17.3 Å². The third kappa shape index (κ3) is 5.50. The lowest BCUT2D eigenvalue weighted by Gasteiger charge is -2.14. The lowest BCUT2D eigenvalue weighted by molar-refractivity contribution is -0.275. The minimum absolute atomic E-state index is 0.0793. The van der Waals surface area contributed by atoms with Gasteiger partial charge in [-0.05, 0) is 61.9 Å². The number of carbonyl (C=O) groups is 1. The summed E-state index contributed by atoms with van der Waals surface area (Å²) in [7, 11) is 0. The summed E-state index contributed by atoms with van der Waals surface area (Å²) < 4.78 is 47.0. The average Bonchev–Trinajstić information content (AvgIpc) is 2.69. The fourth-order valence-corrected chi connectivity index (χ4v) is 2.73. The number of hydrogen-bond donors (Lipinski definition) is 1. The standard InChI is InChI=1S/C22H19F3N2O3/c1-3-15-10-13-18(14(2)26-15)21(28)27-16-8-11-17(12-9-16)29-19-6-4-5-7-20(19)30-22(23,24)25/h4-13H,3H2,1-2H3,(H,27,28). The van der Waals surface area contributed by atoms with Crippen LogP contribution in [0.25, 0.3) is 0 Å². The van der Waals surface area contributed by atoms with Crippen molar-refractivity contribution in [3.8, 4) is 17.2 Å². The van der Waals surface area contributed by atoms with E-state index in [2.05, 4.69) is 15.0 Å². The number of nitrogens with zero attached hydrogens (tertiary/aromatic N) is 1. The van der Waals surface area contributed by atoms with Gasteiger partial charge < -0.3 is 14.8 Å². The van der Waals surface area contributed by atoms with E-state index < -0.39 is 12.1 Å². The van der Waals surface area contributed by atoms with Crippen molar-refractivity contribution in [3.05, 3.63) is 77.6 Å². The first-order chi connectivity index (χ1) is 14.2. The summed E-state index contributed by atoms with van der Waals surface area (Å²) >= 11 is 0. The number of ether oxygens (including phenoxy) is 2. The lowest BCUT2D eigenvalue weighted by Crippen LogP contribution is -2.17. The summed E-state index contributed by atoms with van der Waals surface area (Å²) in [6, 6.07) is 15.3. The van der Waals surface area contributed by atoms with Crippen LogP contribution < -0.4 is 14.8 Å². The maximum Gasteiger partial charge on any atom is 0.573 e. The molecule has 0 radical (unpaired) electrons. The Labute approximate surface area is 171 Å². The van der Waals surface area contributed by atoms with Crippen molar-refractivity contribution >= 4 is 11.6 Å². The van der Waals surface area contributed by atoms with E-state index in [9.17, 15) is 18.0 Å². The SMILES string of the molecule is CCc1ccc(C(=O)Nc2ccc(Oc3ccccc3OC(F)(F)F)cc2)c(C)n1. The smallest absolute Gasteiger partial charge is 0.453 e. The average molecular weight is 416 g/mol. The van der Waals surface area contributed by atoms with Gasteiger partial charge in [0.1, 0.15) is 5.75 Å². The Morgan fingerprint density at radius 1 is 1.00 bits per heavy atom. The number of aryl methyl sites for hydroxylation is 2. The summed E-state index contributed by atoms with van der Waals surface area (Å²) in [5, 5.41) is 2.76. The van der Waals surface area contributed by atoms with Crippen LogP contribution in [0.1, 0.15) is 28.7 Å². The molecule has 0 saturated heterocycles. The molecule has 2 aromatic carbocycles. The van der Waals surface area contributed by atoms with Crippen molar-refractivity contribution < 1.29 is 27.4 Å². The van der Waals surface area contributed by atoms with E-state index >= 15 is 0 Å². The van der Waals surface area contributed by atoms with Crippen LogP contribution in [0.5, 0.6) is 17.2 Å². The quantitative estimate of drug-likeness (QED) is 0.544. The highest BCUT2D eigenvalue weighted by Crippen LogP contribution is 2.35. The zero-order valence-electron chi connectivity index (χ0n) is 16.3. The lowest BCUT2D eigenvalue weighted by atomic mass is 10.1. The topological polar surface area (TPSA) is 60.5 Å². The van der Waals surface area contributed by atoms with Gasteiger partial charge in [0, 0.05) is 11.4 Å². The van der Waals surface area contributed by atoms with Gasteiger partial charge in [0.05, 0.1) is 11.3 Å². The number of rotatable bonds is 6. The highest BCUT2D eigenvalue weighted by Gasteiger charge is 2.32. The summed E-state index contributed by atoms with van der Waals surface area (Å²) in [5.74, 6) is -0.540. The Morgan fingerprint density at radius 2 is 1.67 bits per heavy atom. The molecule has 1 aromatic heterocycles. The summed E-state index contributed by atoms with van der Waals surface area (Å²) in [4.78, 5) is 16.9. The number of amides is 1. The third-order valence-corrected chi connectivity index (χ3v) is 4.17. The first-order valence-corrected chi connectivity index (χ1v) is 9.15. The second kappa shape index (κ2) is 8.86. The van der Waals surface area contributed by atoms with E-state index in [0.29, 0.717) is 16.9 Å². The summed E-state index contributed by atoms with van der Waals surface area (Å²) in [6.45, 7) is 3.75. The highest BCUT2D eigenvalue weighted by atomic mass is 19.4. The molecule has 3 aromatic rings. The van der Waals surface area contributed by atoms with Crippen LogP contribution in [0.15, 0.2) is 60.7 Å². The van der Waals surface area contributed by atoms with Crippen molar-refractivity contribution in [2.75, 3.05) is 5.32 Å². The Bertz CT molecular complexity index is 1030. The van der Waals surface area contributed by atoms with Gasteiger partial charge in [-0.1, -0.05) is 19.1 Å². The van der Waals surface area contributed by atoms with Crippen LogP contribution in [0.4, 0.5) is 18.9 Å².